The molecular formula is C26H38N4O6. The highest BCUT2D eigenvalue weighted by molar-refractivity contribution is 5.98. The lowest BCUT2D eigenvalue weighted by atomic mass is 9.81. The van der Waals surface area contributed by atoms with Gasteiger partial charge in [-0.1, -0.05) is 0 Å². The maximum Gasteiger partial charge on any atom is 0.407 e. The Labute approximate surface area is 212 Å². The maximum absolute atomic E-state index is 13.3. The standard InChI is InChI=1S/C26H38N4O6/c1-26(2,3)36-25(34)28-14-16-5-7-17(8-6-16)23(32)30-15-19(27)13-21(30)22(31)29-20-11-9-18(10-12-20)24(33)35-4/h9-12,16-17,19,21H,5-8,13-15,27H2,1-4H3,(H,28,34)(H,29,31)/t16?,17?,19-,21-/m0/s1. The van der Waals surface area contributed by atoms with Crippen molar-refractivity contribution in [2.45, 2.75) is 70.6 Å². The Kier molecular flexibility index (Phi) is 8.94. The van der Waals surface area contributed by atoms with E-state index in [2.05, 4.69) is 15.4 Å². The van der Waals surface area contributed by atoms with Crippen LogP contribution in [0.25, 0.3) is 0 Å². The van der Waals surface area contributed by atoms with Crippen LogP contribution >= 0.6 is 0 Å². The predicted molar refractivity (Wildman–Crippen MR) is 134 cm³/mol. The molecule has 1 aliphatic heterocycles. The average molecular weight is 503 g/mol. The number of anilines is 1. The van der Waals surface area contributed by atoms with Crippen molar-refractivity contribution in [1.82, 2.24) is 10.2 Å². The number of carbonyl (C=O) groups is 4. The first kappa shape index (κ1) is 27.4. The number of amides is 3. The van der Waals surface area contributed by atoms with E-state index in [-0.39, 0.29) is 29.7 Å². The average Bonchev–Trinajstić information content (AvgIpc) is 3.23. The number of nitrogens with one attached hydrogen (secondary N) is 2. The molecule has 0 radical (unpaired) electrons. The number of nitrogens with zero attached hydrogens (tertiary/aromatic N) is 1. The van der Waals surface area contributed by atoms with Gasteiger partial charge in [-0.25, -0.2) is 9.59 Å². The third kappa shape index (κ3) is 7.43. The van der Waals surface area contributed by atoms with Gasteiger partial charge < -0.3 is 30.7 Å². The number of alkyl carbamates (subject to hydrolysis) is 1. The van der Waals surface area contributed by atoms with E-state index in [1.165, 1.54) is 7.11 Å². The molecular weight excluding hydrogens is 464 g/mol. The van der Waals surface area contributed by atoms with Crippen LogP contribution in [-0.2, 0) is 19.1 Å². The molecule has 0 spiro atoms. The number of ether oxygens (including phenoxy) is 2. The van der Waals surface area contributed by atoms with Gasteiger partial charge in [0, 0.05) is 30.7 Å². The monoisotopic (exact) mass is 502 g/mol. The van der Waals surface area contributed by atoms with Crippen molar-refractivity contribution >= 4 is 29.6 Å². The zero-order valence-corrected chi connectivity index (χ0v) is 21.5. The van der Waals surface area contributed by atoms with Gasteiger partial charge >= 0.3 is 12.1 Å². The zero-order chi connectivity index (χ0) is 26.5. The first-order chi connectivity index (χ1) is 17.0. The molecule has 3 amide bonds. The van der Waals surface area contributed by atoms with Crippen molar-refractivity contribution in [1.29, 1.82) is 0 Å². The van der Waals surface area contributed by atoms with Crippen LogP contribution in [0.3, 0.4) is 0 Å². The number of hydrogen-bond acceptors (Lipinski definition) is 7. The van der Waals surface area contributed by atoms with Crippen LogP contribution in [0, 0.1) is 11.8 Å². The van der Waals surface area contributed by atoms with Gasteiger partial charge in [-0.15, -0.1) is 0 Å². The number of nitrogens with two attached hydrogens (primary N) is 1. The molecule has 3 rings (SSSR count). The molecule has 2 aliphatic rings. The van der Waals surface area contributed by atoms with E-state index in [0.717, 1.165) is 12.8 Å². The fourth-order valence-electron chi connectivity index (χ4n) is 4.78. The predicted octanol–water partition coefficient (Wildman–Crippen LogP) is 2.67. The summed E-state index contributed by atoms with van der Waals surface area (Å²) in [6.45, 7) is 6.33. The van der Waals surface area contributed by atoms with Crippen LogP contribution in [0.2, 0.25) is 0 Å². The van der Waals surface area contributed by atoms with Gasteiger partial charge in [0.2, 0.25) is 11.8 Å². The molecule has 1 aromatic carbocycles. The summed E-state index contributed by atoms with van der Waals surface area (Å²) in [6, 6.07) is 5.48. The number of carbonyl (C=O) groups excluding carboxylic acids is 4. The van der Waals surface area contributed by atoms with Crippen LogP contribution < -0.4 is 16.4 Å². The van der Waals surface area contributed by atoms with Gasteiger partial charge in [0.1, 0.15) is 11.6 Å². The molecule has 0 aromatic heterocycles. The van der Waals surface area contributed by atoms with Crippen molar-refractivity contribution in [2.24, 2.45) is 17.6 Å². The molecule has 0 unspecified atom stereocenters. The number of esters is 1. The molecule has 1 heterocycles. The highest BCUT2D eigenvalue weighted by atomic mass is 16.6. The molecule has 2 fully saturated rings. The molecule has 198 valence electrons. The van der Waals surface area contributed by atoms with Gasteiger partial charge in [-0.2, -0.15) is 0 Å². The number of hydrogen-bond donors (Lipinski definition) is 3. The molecule has 4 N–H and O–H groups in total. The minimum Gasteiger partial charge on any atom is -0.465 e. The van der Waals surface area contributed by atoms with E-state index in [4.69, 9.17) is 10.5 Å². The summed E-state index contributed by atoms with van der Waals surface area (Å²) in [5.74, 6) is -0.668. The Hall–Kier alpha value is -3.14. The van der Waals surface area contributed by atoms with Crippen LogP contribution in [0.5, 0.6) is 0 Å². The molecule has 36 heavy (non-hydrogen) atoms. The number of methoxy groups -OCH3 is 1. The first-order valence-electron chi connectivity index (χ1n) is 12.5. The lowest BCUT2D eigenvalue weighted by Gasteiger charge is -2.32. The highest BCUT2D eigenvalue weighted by Gasteiger charge is 2.41. The fourth-order valence-corrected chi connectivity index (χ4v) is 4.78. The van der Waals surface area contributed by atoms with E-state index in [1.54, 1.807) is 29.2 Å². The maximum atomic E-state index is 13.3. The summed E-state index contributed by atoms with van der Waals surface area (Å²) < 4.78 is 9.97. The third-order valence-corrected chi connectivity index (χ3v) is 6.62. The molecule has 2 atom stereocenters. The lowest BCUT2D eigenvalue weighted by molar-refractivity contribution is -0.141. The van der Waals surface area contributed by atoms with Gasteiger partial charge in [0.05, 0.1) is 12.7 Å². The Balaban J connectivity index is 1.52. The van der Waals surface area contributed by atoms with Crippen LogP contribution in [-0.4, -0.2) is 66.7 Å². The van der Waals surface area contributed by atoms with Crippen molar-refractivity contribution < 1.29 is 28.7 Å². The van der Waals surface area contributed by atoms with Crippen LogP contribution in [0.4, 0.5) is 10.5 Å². The summed E-state index contributed by atoms with van der Waals surface area (Å²) in [6.07, 6.45) is 3.00. The quantitative estimate of drug-likeness (QED) is 0.508. The summed E-state index contributed by atoms with van der Waals surface area (Å²) in [5.41, 5.74) is 6.51. The Morgan fingerprint density at radius 2 is 1.69 bits per heavy atom. The largest absolute Gasteiger partial charge is 0.465 e. The van der Waals surface area contributed by atoms with E-state index in [1.807, 2.05) is 20.8 Å². The van der Waals surface area contributed by atoms with Gasteiger partial charge in [0.25, 0.3) is 0 Å². The SMILES string of the molecule is COC(=O)c1ccc(NC(=O)[C@@H]2C[C@H](N)CN2C(=O)C2CCC(CNC(=O)OC(C)(C)C)CC2)cc1. The molecule has 0 bridgehead atoms. The van der Waals surface area contributed by atoms with Gasteiger partial charge in [0.15, 0.2) is 0 Å². The second-order valence-electron chi connectivity index (χ2n) is 10.7. The first-order valence-corrected chi connectivity index (χ1v) is 12.5. The van der Waals surface area contributed by atoms with E-state index >= 15 is 0 Å². The normalized spacial score (nSPS) is 24.1. The van der Waals surface area contributed by atoms with E-state index < -0.39 is 23.7 Å². The summed E-state index contributed by atoms with van der Waals surface area (Å²) in [7, 11) is 1.31. The van der Waals surface area contributed by atoms with Crippen molar-refractivity contribution in [3.63, 3.8) is 0 Å². The fraction of sp³-hybridized carbons (Fsp3) is 0.615. The van der Waals surface area contributed by atoms with Gasteiger partial charge in [-0.3, -0.25) is 9.59 Å². The van der Waals surface area contributed by atoms with Crippen LogP contribution in [0.15, 0.2) is 24.3 Å². The second kappa shape index (κ2) is 11.7. The molecule has 1 saturated carbocycles. The Morgan fingerprint density at radius 1 is 1.06 bits per heavy atom. The summed E-state index contributed by atoms with van der Waals surface area (Å²) in [5, 5.41) is 5.65. The third-order valence-electron chi connectivity index (χ3n) is 6.62. The molecule has 10 nitrogen and oxygen atoms in total. The topological polar surface area (TPSA) is 140 Å². The molecule has 1 aromatic rings. The second-order valence-corrected chi connectivity index (χ2v) is 10.7. The number of rotatable bonds is 6. The lowest BCUT2D eigenvalue weighted by Crippen LogP contribution is -2.46. The summed E-state index contributed by atoms with van der Waals surface area (Å²) >= 11 is 0. The summed E-state index contributed by atoms with van der Waals surface area (Å²) in [4.78, 5) is 51.5. The zero-order valence-electron chi connectivity index (χ0n) is 21.5. The van der Waals surface area contributed by atoms with Crippen molar-refractivity contribution in [3.05, 3.63) is 29.8 Å². The number of likely N-dealkylation sites (tertiary alicyclic amines) is 1. The highest BCUT2D eigenvalue weighted by Crippen LogP contribution is 2.32. The van der Waals surface area contributed by atoms with Crippen molar-refractivity contribution in [3.8, 4) is 0 Å². The minimum absolute atomic E-state index is 0.0392. The molecule has 1 aliphatic carbocycles. The smallest absolute Gasteiger partial charge is 0.407 e. The van der Waals surface area contributed by atoms with Crippen molar-refractivity contribution in [2.75, 3.05) is 25.5 Å². The Morgan fingerprint density at radius 3 is 2.28 bits per heavy atom. The minimum atomic E-state index is -0.639. The Bertz CT molecular complexity index is 950. The molecule has 10 heteroatoms. The number of benzene rings is 1. The van der Waals surface area contributed by atoms with E-state index in [0.29, 0.717) is 43.6 Å². The van der Waals surface area contributed by atoms with Gasteiger partial charge in [-0.05, 0) is 83.1 Å². The molecule has 1 saturated heterocycles. The van der Waals surface area contributed by atoms with Crippen LogP contribution in [0.1, 0.15) is 63.2 Å². The van der Waals surface area contributed by atoms with E-state index in [9.17, 15) is 19.2 Å².